The molecule has 1 N–H and O–H groups in total. The molecule has 0 spiro atoms. The van der Waals surface area contributed by atoms with Crippen LogP contribution < -0.4 is 4.90 Å². The summed E-state index contributed by atoms with van der Waals surface area (Å²) in [4.78, 5) is 14.0. The topological polar surface area (TPSA) is 94.1 Å². The van der Waals surface area contributed by atoms with E-state index in [0.29, 0.717) is 44.3 Å². The highest BCUT2D eigenvalue weighted by Gasteiger charge is 2.37. The number of aliphatic hydroxyl groups is 1. The first-order chi connectivity index (χ1) is 16.5. The number of aromatic nitrogens is 4. The van der Waals surface area contributed by atoms with Crippen molar-refractivity contribution in [3.8, 4) is 6.07 Å². The van der Waals surface area contributed by atoms with Gasteiger partial charge in [-0.25, -0.2) is 14.6 Å². The van der Waals surface area contributed by atoms with Crippen LogP contribution in [0.1, 0.15) is 24.1 Å². The molecule has 2 aliphatic heterocycles. The van der Waals surface area contributed by atoms with E-state index in [9.17, 15) is 5.26 Å². The number of aliphatic hydroxyl groups excluding tert-OH is 1. The molecule has 2 fully saturated rings. The Morgan fingerprint density at radius 1 is 1.24 bits per heavy atom. The number of rotatable bonds is 7. The Morgan fingerprint density at radius 3 is 2.79 bits per heavy atom. The SMILES string of the molecule is C=C(c1ccc(Cl)cc1Cl)n1nc(C#N)c2ncc(N3CC([C@H]4CCN(CCCO)C4)C3)nc21. The van der Waals surface area contributed by atoms with Crippen molar-refractivity contribution in [3.05, 3.63) is 52.3 Å². The zero-order chi connectivity index (χ0) is 23.8. The summed E-state index contributed by atoms with van der Waals surface area (Å²) in [5.74, 6) is 2.06. The number of hydrogen-bond acceptors (Lipinski definition) is 7. The van der Waals surface area contributed by atoms with Gasteiger partial charge < -0.3 is 14.9 Å². The van der Waals surface area contributed by atoms with Gasteiger partial charge in [-0.2, -0.15) is 10.4 Å². The minimum absolute atomic E-state index is 0.190. The smallest absolute Gasteiger partial charge is 0.190 e. The van der Waals surface area contributed by atoms with Crippen molar-refractivity contribution in [2.24, 2.45) is 11.8 Å². The van der Waals surface area contributed by atoms with Gasteiger partial charge >= 0.3 is 0 Å². The van der Waals surface area contributed by atoms with Crippen LogP contribution in [-0.2, 0) is 0 Å². The van der Waals surface area contributed by atoms with Crippen LogP contribution in [0.4, 0.5) is 5.82 Å². The summed E-state index contributed by atoms with van der Waals surface area (Å²) < 4.78 is 1.53. The van der Waals surface area contributed by atoms with Crippen molar-refractivity contribution >= 4 is 45.9 Å². The number of nitriles is 1. The second-order valence-corrected chi connectivity index (χ2v) is 9.78. The first-order valence-electron chi connectivity index (χ1n) is 11.4. The molecule has 176 valence electrons. The summed E-state index contributed by atoms with van der Waals surface area (Å²) in [5, 5.41) is 24.0. The fourth-order valence-corrected chi connectivity index (χ4v) is 5.39. The third-order valence-corrected chi connectivity index (χ3v) is 7.36. The monoisotopic (exact) mass is 497 g/mol. The van der Waals surface area contributed by atoms with Crippen LogP contribution in [0.25, 0.3) is 16.9 Å². The summed E-state index contributed by atoms with van der Waals surface area (Å²) >= 11 is 12.4. The number of nitrogens with zero attached hydrogens (tertiary/aromatic N) is 7. The van der Waals surface area contributed by atoms with Crippen molar-refractivity contribution in [1.29, 1.82) is 5.26 Å². The van der Waals surface area contributed by atoms with E-state index in [2.05, 4.69) is 32.5 Å². The molecule has 1 aromatic carbocycles. The van der Waals surface area contributed by atoms with E-state index in [1.807, 2.05) is 0 Å². The van der Waals surface area contributed by atoms with Crippen molar-refractivity contribution in [2.45, 2.75) is 12.8 Å². The maximum Gasteiger partial charge on any atom is 0.190 e. The Bertz CT molecular complexity index is 1280. The Balaban J connectivity index is 1.36. The molecule has 3 aromatic rings. The molecule has 5 rings (SSSR count). The molecule has 4 heterocycles. The third-order valence-electron chi connectivity index (χ3n) is 6.81. The molecule has 0 amide bonds. The number of benzene rings is 1. The number of fused-ring (bicyclic) bond motifs is 1. The van der Waals surface area contributed by atoms with Gasteiger partial charge in [0.15, 0.2) is 11.3 Å². The quantitative estimate of drug-likeness (QED) is 0.531. The zero-order valence-corrected chi connectivity index (χ0v) is 20.2. The molecule has 2 aliphatic rings. The normalized spacial score (nSPS) is 18.9. The van der Waals surface area contributed by atoms with Crippen LogP contribution in [0.2, 0.25) is 10.0 Å². The molecular formula is C24H25Cl2N7O. The van der Waals surface area contributed by atoms with Gasteiger partial charge in [-0.1, -0.05) is 29.8 Å². The van der Waals surface area contributed by atoms with Gasteiger partial charge in [0.1, 0.15) is 17.4 Å². The van der Waals surface area contributed by atoms with Crippen LogP contribution >= 0.6 is 23.2 Å². The number of likely N-dealkylation sites (tertiary alicyclic amines) is 1. The van der Waals surface area contributed by atoms with Gasteiger partial charge in [0.25, 0.3) is 0 Å². The largest absolute Gasteiger partial charge is 0.396 e. The maximum absolute atomic E-state index is 9.56. The summed E-state index contributed by atoms with van der Waals surface area (Å²) in [6.45, 7) is 9.44. The van der Waals surface area contributed by atoms with Crippen LogP contribution in [-0.4, -0.2) is 69.1 Å². The average molecular weight is 498 g/mol. The van der Waals surface area contributed by atoms with Crippen LogP contribution in [0.15, 0.2) is 31.0 Å². The minimum atomic E-state index is 0.190. The molecule has 2 saturated heterocycles. The lowest BCUT2D eigenvalue weighted by molar-refractivity contribution is 0.226. The van der Waals surface area contributed by atoms with Crippen LogP contribution in [0.5, 0.6) is 0 Å². The lowest BCUT2D eigenvalue weighted by Crippen LogP contribution is -2.51. The van der Waals surface area contributed by atoms with E-state index in [1.54, 1.807) is 24.4 Å². The van der Waals surface area contributed by atoms with Gasteiger partial charge in [-0.3, -0.25) is 0 Å². The molecule has 10 heteroatoms. The van der Waals surface area contributed by atoms with Crippen molar-refractivity contribution in [1.82, 2.24) is 24.6 Å². The Labute approximate surface area is 208 Å². The van der Waals surface area contributed by atoms with E-state index < -0.39 is 0 Å². The summed E-state index contributed by atoms with van der Waals surface area (Å²) in [6.07, 6.45) is 3.75. The highest BCUT2D eigenvalue weighted by molar-refractivity contribution is 6.35. The maximum atomic E-state index is 9.56. The molecular weight excluding hydrogens is 473 g/mol. The second-order valence-electron chi connectivity index (χ2n) is 8.94. The standard InChI is InChI=1S/C24H25Cl2N7O/c1-15(19-4-3-18(25)9-20(19)26)33-24-23(21(10-27)30-33)28-11-22(29-24)32-13-17(14-32)16-5-7-31(12-16)6-2-8-34/h3-4,9,11,16-17,34H,1-2,5-8,12-14H2/t16-/m0/s1. The third kappa shape index (κ3) is 4.25. The predicted octanol–water partition coefficient (Wildman–Crippen LogP) is 3.66. The lowest BCUT2D eigenvalue weighted by Gasteiger charge is -2.43. The van der Waals surface area contributed by atoms with Gasteiger partial charge in [-0.15, -0.1) is 0 Å². The van der Waals surface area contributed by atoms with Crippen molar-refractivity contribution in [3.63, 3.8) is 0 Å². The van der Waals surface area contributed by atoms with E-state index in [-0.39, 0.29) is 12.3 Å². The highest BCUT2D eigenvalue weighted by Crippen LogP contribution is 2.34. The Kier molecular flexibility index (Phi) is 6.45. The molecule has 2 aromatic heterocycles. The van der Waals surface area contributed by atoms with Gasteiger partial charge in [0.05, 0.1) is 16.9 Å². The molecule has 0 saturated carbocycles. The predicted molar refractivity (Wildman–Crippen MR) is 133 cm³/mol. The number of anilines is 1. The van der Waals surface area contributed by atoms with E-state index >= 15 is 0 Å². The van der Waals surface area contributed by atoms with E-state index in [4.69, 9.17) is 33.3 Å². The summed E-state index contributed by atoms with van der Waals surface area (Å²) in [5.41, 5.74) is 2.25. The number of hydrogen-bond donors (Lipinski definition) is 1. The van der Waals surface area contributed by atoms with Crippen molar-refractivity contribution < 1.29 is 5.11 Å². The minimum Gasteiger partial charge on any atom is -0.396 e. The molecule has 0 bridgehead atoms. The molecule has 0 aliphatic carbocycles. The fraction of sp³-hybridized carbons (Fsp3) is 0.417. The van der Waals surface area contributed by atoms with Crippen LogP contribution in [0, 0.1) is 23.2 Å². The summed E-state index contributed by atoms with van der Waals surface area (Å²) in [6, 6.07) is 7.25. The van der Waals surface area contributed by atoms with Gasteiger partial charge in [0, 0.05) is 43.4 Å². The Hall–Kier alpha value is -2.70. The Morgan fingerprint density at radius 2 is 2.06 bits per heavy atom. The van der Waals surface area contributed by atoms with Crippen LogP contribution in [0.3, 0.4) is 0 Å². The molecule has 0 radical (unpaired) electrons. The molecule has 34 heavy (non-hydrogen) atoms. The van der Waals surface area contributed by atoms with E-state index in [1.165, 1.54) is 11.1 Å². The van der Waals surface area contributed by atoms with Crippen molar-refractivity contribution in [2.75, 3.05) is 44.2 Å². The summed E-state index contributed by atoms with van der Waals surface area (Å²) in [7, 11) is 0. The highest BCUT2D eigenvalue weighted by atomic mass is 35.5. The lowest BCUT2D eigenvalue weighted by atomic mass is 9.85. The molecule has 1 atom stereocenters. The fourth-order valence-electron chi connectivity index (χ4n) is 4.88. The van der Waals surface area contributed by atoms with Gasteiger partial charge in [0.2, 0.25) is 0 Å². The second kappa shape index (κ2) is 9.51. The average Bonchev–Trinajstić information content (AvgIpc) is 3.40. The van der Waals surface area contributed by atoms with Gasteiger partial charge in [-0.05, 0) is 49.4 Å². The molecule has 8 nitrogen and oxygen atoms in total. The van der Waals surface area contributed by atoms with E-state index in [0.717, 1.165) is 45.0 Å². The number of halogens is 2. The first kappa shape index (κ1) is 23.1. The zero-order valence-electron chi connectivity index (χ0n) is 18.7. The first-order valence-corrected chi connectivity index (χ1v) is 12.1. The molecule has 0 unspecified atom stereocenters.